The second-order valence-electron chi connectivity index (χ2n) is 7.15. The van der Waals surface area contributed by atoms with E-state index in [9.17, 15) is 9.18 Å². The van der Waals surface area contributed by atoms with Gasteiger partial charge in [0.15, 0.2) is 17.5 Å². The Bertz CT molecular complexity index is 1040. The molecule has 0 saturated heterocycles. The molecular weight excluding hydrogens is 389 g/mol. The molecule has 3 aromatic rings. The van der Waals surface area contributed by atoms with Crippen LogP contribution in [0.3, 0.4) is 0 Å². The van der Waals surface area contributed by atoms with Crippen LogP contribution in [-0.4, -0.2) is 42.7 Å². The van der Waals surface area contributed by atoms with Crippen LogP contribution in [0.4, 0.5) is 21.7 Å². The SMILES string of the molecule is NC(=O)c1cc(F)c(NC2CCCC[C@@H]2N)nc1Nc1ccnc(-n2cncn2)c1. The number of pyridine rings is 2. The summed E-state index contributed by atoms with van der Waals surface area (Å²) in [7, 11) is 0. The highest BCUT2D eigenvalue weighted by molar-refractivity contribution is 5.98. The van der Waals surface area contributed by atoms with E-state index in [2.05, 4.69) is 30.7 Å². The lowest BCUT2D eigenvalue weighted by Gasteiger charge is -2.30. The van der Waals surface area contributed by atoms with Crippen LogP contribution in [0.5, 0.6) is 0 Å². The van der Waals surface area contributed by atoms with Crippen LogP contribution >= 0.6 is 0 Å². The van der Waals surface area contributed by atoms with Crippen LogP contribution in [0.2, 0.25) is 0 Å². The summed E-state index contributed by atoms with van der Waals surface area (Å²) in [6.45, 7) is 0. The summed E-state index contributed by atoms with van der Waals surface area (Å²) in [5, 5.41) is 10.1. The van der Waals surface area contributed by atoms with Crippen LogP contribution in [0.15, 0.2) is 37.1 Å². The highest BCUT2D eigenvalue weighted by atomic mass is 19.1. The molecule has 30 heavy (non-hydrogen) atoms. The van der Waals surface area contributed by atoms with E-state index in [1.165, 1.54) is 17.3 Å². The quantitative estimate of drug-likeness (QED) is 0.479. The Morgan fingerprint density at radius 1 is 1.23 bits per heavy atom. The number of nitrogens with one attached hydrogen (secondary N) is 2. The number of anilines is 3. The topological polar surface area (TPSA) is 150 Å². The molecule has 0 aromatic carbocycles. The number of rotatable bonds is 6. The van der Waals surface area contributed by atoms with Gasteiger partial charge in [0.25, 0.3) is 5.91 Å². The van der Waals surface area contributed by atoms with Crippen molar-refractivity contribution in [2.24, 2.45) is 11.5 Å². The molecule has 0 aliphatic heterocycles. The van der Waals surface area contributed by atoms with E-state index < -0.39 is 11.7 Å². The normalized spacial score (nSPS) is 18.7. The molecule has 1 aliphatic carbocycles. The predicted octanol–water partition coefficient (Wildman–Crippen LogP) is 1.72. The smallest absolute Gasteiger partial charge is 0.252 e. The van der Waals surface area contributed by atoms with Crippen molar-refractivity contribution in [2.75, 3.05) is 10.6 Å². The van der Waals surface area contributed by atoms with Crippen molar-refractivity contribution in [3.8, 4) is 5.82 Å². The third-order valence-corrected chi connectivity index (χ3v) is 5.04. The number of halogens is 1. The number of nitrogens with zero attached hydrogens (tertiary/aromatic N) is 5. The van der Waals surface area contributed by atoms with Gasteiger partial charge in [0.1, 0.15) is 18.5 Å². The van der Waals surface area contributed by atoms with Crippen LogP contribution in [-0.2, 0) is 0 Å². The second-order valence-corrected chi connectivity index (χ2v) is 7.15. The van der Waals surface area contributed by atoms with Crippen molar-refractivity contribution in [1.29, 1.82) is 0 Å². The van der Waals surface area contributed by atoms with Crippen molar-refractivity contribution < 1.29 is 9.18 Å². The van der Waals surface area contributed by atoms with Gasteiger partial charge >= 0.3 is 0 Å². The molecule has 1 saturated carbocycles. The van der Waals surface area contributed by atoms with E-state index in [-0.39, 0.29) is 29.3 Å². The summed E-state index contributed by atoms with van der Waals surface area (Å²) in [5.41, 5.74) is 12.1. The fourth-order valence-corrected chi connectivity index (χ4v) is 3.47. The molecule has 3 aromatic heterocycles. The molecule has 4 rings (SSSR count). The Morgan fingerprint density at radius 2 is 2.07 bits per heavy atom. The molecule has 1 amide bonds. The summed E-state index contributed by atoms with van der Waals surface area (Å²) in [5.74, 6) is -0.797. The third-order valence-electron chi connectivity index (χ3n) is 5.04. The molecule has 0 spiro atoms. The van der Waals surface area contributed by atoms with Gasteiger partial charge in [-0.25, -0.2) is 24.0 Å². The van der Waals surface area contributed by atoms with Gasteiger partial charge in [-0.1, -0.05) is 12.8 Å². The lowest BCUT2D eigenvalue weighted by molar-refractivity contribution is 0.100. The molecule has 11 heteroatoms. The summed E-state index contributed by atoms with van der Waals surface area (Å²) in [6.07, 6.45) is 8.22. The number of nitrogens with two attached hydrogens (primary N) is 2. The van der Waals surface area contributed by atoms with Gasteiger partial charge in [0.2, 0.25) is 0 Å². The fraction of sp³-hybridized carbons (Fsp3) is 0.316. The molecule has 0 bridgehead atoms. The largest absolute Gasteiger partial charge is 0.365 e. The lowest BCUT2D eigenvalue weighted by atomic mass is 9.91. The fourth-order valence-electron chi connectivity index (χ4n) is 3.47. The Balaban J connectivity index is 1.64. The van der Waals surface area contributed by atoms with E-state index in [1.54, 1.807) is 18.3 Å². The Morgan fingerprint density at radius 3 is 2.80 bits per heavy atom. The first-order valence-electron chi connectivity index (χ1n) is 9.62. The Kier molecular flexibility index (Phi) is 5.53. The summed E-state index contributed by atoms with van der Waals surface area (Å²) >= 11 is 0. The first-order chi connectivity index (χ1) is 14.5. The maximum absolute atomic E-state index is 14.6. The van der Waals surface area contributed by atoms with Crippen molar-refractivity contribution in [3.05, 3.63) is 48.4 Å². The summed E-state index contributed by atoms with van der Waals surface area (Å²) in [6, 6.07) is 4.27. The van der Waals surface area contributed by atoms with Gasteiger partial charge in [-0.15, -0.1) is 0 Å². The van der Waals surface area contributed by atoms with Gasteiger partial charge in [-0.2, -0.15) is 5.10 Å². The summed E-state index contributed by atoms with van der Waals surface area (Å²) < 4.78 is 16.1. The average molecular weight is 411 g/mol. The number of carbonyl (C=O) groups is 1. The van der Waals surface area contributed by atoms with E-state index >= 15 is 0 Å². The molecular formula is C19H22FN9O. The minimum atomic E-state index is -0.796. The molecule has 10 nitrogen and oxygen atoms in total. The Labute approximate surface area is 171 Å². The van der Waals surface area contributed by atoms with E-state index in [0.717, 1.165) is 31.7 Å². The predicted molar refractivity (Wildman–Crippen MR) is 109 cm³/mol. The number of primary amides is 1. The van der Waals surface area contributed by atoms with Crippen molar-refractivity contribution in [1.82, 2.24) is 24.7 Å². The molecule has 3 heterocycles. The Hall–Kier alpha value is -3.60. The molecule has 6 N–H and O–H groups in total. The average Bonchev–Trinajstić information content (AvgIpc) is 3.27. The number of carbonyl (C=O) groups excluding carboxylic acids is 1. The number of hydrogen-bond acceptors (Lipinski definition) is 8. The molecule has 1 unspecified atom stereocenters. The standard InChI is InChI=1S/C19H22FN9O/c20-13-8-12(17(22)30)18(28-19(13)27-15-4-2-1-3-14(15)21)26-11-5-6-24-16(7-11)29-10-23-9-25-29/h5-10,14-15H,1-4,21H2,(H2,22,30)(H2,24,26,27,28)/t14-,15?/m0/s1. The van der Waals surface area contributed by atoms with Crippen LogP contribution in [0.25, 0.3) is 5.82 Å². The minimum absolute atomic E-state index is 0.0235. The van der Waals surface area contributed by atoms with Gasteiger partial charge in [-0.05, 0) is 25.0 Å². The number of amides is 1. The van der Waals surface area contributed by atoms with Crippen molar-refractivity contribution in [3.63, 3.8) is 0 Å². The maximum atomic E-state index is 14.6. The highest BCUT2D eigenvalue weighted by Crippen LogP contribution is 2.27. The van der Waals surface area contributed by atoms with Crippen molar-refractivity contribution in [2.45, 2.75) is 37.8 Å². The second kappa shape index (κ2) is 8.41. The molecule has 0 radical (unpaired) electrons. The van der Waals surface area contributed by atoms with E-state index in [4.69, 9.17) is 11.5 Å². The zero-order chi connectivity index (χ0) is 21.1. The molecule has 2 atom stereocenters. The third kappa shape index (κ3) is 4.20. The minimum Gasteiger partial charge on any atom is -0.365 e. The van der Waals surface area contributed by atoms with Gasteiger partial charge in [0.05, 0.1) is 5.56 Å². The van der Waals surface area contributed by atoms with Gasteiger partial charge in [-0.3, -0.25) is 4.79 Å². The number of hydrogen-bond donors (Lipinski definition) is 4. The van der Waals surface area contributed by atoms with Crippen LogP contribution in [0, 0.1) is 5.82 Å². The van der Waals surface area contributed by atoms with E-state index in [0.29, 0.717) is 11.5 Å². The zero-order valence-electron chi connectivity index (χ0n) is 16.1. The molecule has 1 aliphatic rings. The number of aromatic nitrogens is 5. The zero-order valence-corrected chi connectivity index (χ0v) is 16.1. The monoisotopic (exact) mass is 411 g/mol. The first kappa shape index (κ1) is 19.7. The van der Waals surface area contributed by atoms with Crippen LogP contribution < -0.4 is 22.1 Å². The van der Waals surface area contributed by atoms with Crippen molar-refractivity contribution >= 4 is 23.2 Å². The molecule has 156 valence electrons. The van der Waals surface area contributed by atoms with Gasteiger partial charge < -0.3 is 22.1 Å². The first-order valence-corrected chi connectivity index (χ1v) is 9.62. The van der Waals surface area contributed by atoms with Crippen LogP contribution in [0.1, 0.15) is 36.0 Å². The summed E-state index contributed by atoms with van der Waals surface area (Å²) in [4.78, 5) is 24.3. The highest BCUT2D eigenvalue weighted by Gasteiger charge is 2.24. The van der Waals surface area contributed by atoms with Gasteiger partial charge in [0, 0.05) is 30.0 Å². The lowest BCUT2D eigenvalue weighted by Crippen LogP contribution is -2.43. The van der Waals surface area contributed by atoms with E-state index in [1.807, 2.05) is 0 Å². The maximum Gasteiger partial charge on any atom is 0.252 e. The molecule has 1 fully saturated rings.